The van der Waals surface area contributed by atoms with Crippen LogP contribution in [-0.4, -0.2) is 48.1 Å². The summed E-state index contributed by atoms with van der Waals surface area (Å²) < 4.78 is 0. The number of hydrogen-bond donors (Lipinski definition) is 0. The van der Waals surface area contributed by atoms with Gasteiger partial charge in [0.2, 0.25) is 0 Å². The molecule has 0 unspecified atom stereocenters. The van der Waals surface area contributed by atoms with E-state index in [0.717, 1.165) is 19.6 Å². The third kappa shape index (κ3) is 2.46. The first-order valence-electron chi connectivity index (χ1n) is 4.84. The van der Waals surface area contributed by atoms with Crippen LogP contribution in [0.4, 0.5) is 0 Å². The maximum atomic E-state index is 5.26. The summed E-state index contributed by atoms with van der Waals surface area (Å²) in [6, 6.07) is 0.662. The molecule has 1 heterocycles. The van der Waals surface area contributed by atoms with Gasteiger partial charge in [-0.3, -0.25) is 9.80 Å². The van der Waals surface area contributed by atoms with Gasteiger partial charge in [-0.2, -0.15) is 0 Å². The van der Waals surface area contributed by atoms with Gasteiger partial charge in [0.25, 0.3) is 0 Å². The van der Waals surface area contributed by atoms with Crippen molar-refractivity contribution in [1.29, 1.82) is 0 Å². The highest BCUT2D eigenvalue weighted by Gasteiger charge is 2.35. The summed E-state index contributed by atoms with van der Waals surface area (Å²) in [5.41, 5.74) is 0.313. The first kappa shape index (κ1) is 10.6. The Morgan fingerprint density at radius 3 is 2.38 bits per heavy atom. The number of nitrogens with zero attached hydrogens (tertiary/aromatic N) is 2. The van der Waals surface area contributed by atoms with Gasteiger partial charge < -0.3 is 0 Å². The van der Waals surface area contributed by atoms with E-state index in [1.807, 2.05) is 0 Å². The van der Waals surface area contributed by atoms with Crippen molar-refractivity contribution < 1.29 is 0 Å². The Labute approximate surface area is 81.9 Å². The maximum Gasteiger partial charge on any atom is 0.0599 e. The molecule has 13 heavy (non-hydrogen) atoms. The molecule has 1 saturated heterocycles. The van der Waals surface area contributed by atoms with Gasteiger partial charge in [-0.25, -0.2) is 0 Å². The van der Waals surface area contributed by atoms with Gasteiger partial charge in [0.15, 0.2) is 0 Å². The molecular formula is C11H20N2. The van der Waals surface area contributed by atoms with Crippen molar-refractivity contribution in [3.05, 3.63) is 0 Å². The summed E-state index contributed by atoms with van der Waals surface area (Å²) in [5.74, 6) is 2.68. The van der Waals surface area contributed by atoms with Crippen LogP contribution in [-0.2, 0) is 0 Å². The molecule has 1 aliphatic heterocycles. The van der Waals surface area contributed by atoms with E-state index < -0.39 is 0 Å². The lowest BCUT2D eigenvalue weighted by molar-refractivity contribution is -0.00818. The quantitative estimate of drug-likeness (QED) is 0.586. The van der Waals surface area contributed by atoms with Gasteiger partial charge in [0.05, 0.1) is 6.54 Å². The molecular weight excluding hydrogens is 160 g/mol. The van der Waals surface area contributed by atoms with Crippen molar-refractivity contribution in [3.63, 3.8) is 0 Å². The van der Waals surface area contributed by atoms with Crippen molar-refractivity contribution in [2.24, 2.45) is 0 Å². The second-order valence-corrected chi connectivity index (χ2v) is 4.85. The van der Waals surface area contributed by atoms with Gasteiger partial charge in [-0.1, -0.05) is 5.92 Å². The summed E-state index contributed by atoms with van der Waals surface area (Å²) in [5, 5.41) is 0. The Morgan fingerprint density at radius 2 is 2.00 bits per heavy atom. The minimum Gasteiger partial charge on any atom is -0.295 e. The molecule has 0 bridgehead atoms. The molecule has 1 aliphatic rings. The first-order valence-corrected chi connectivity index (χ1v) is 4.84. The number of terminal acetylenes is 1. The average Bonchev–Trinajstić information content (AvgIpc) is 1.79. The van der Waals surface area contributed by atoms with E-state index in [4.69, 9.17) is 6.42 Å². The number of hydrogen-bond acceptors (Lipinski definition) is 2. The van der Waals surface area contributed by atoms with Crippen LogP contribution in [0.25, 0.3) is 0 Å². The second-order valence-electron chi connectivity index (χ2n) is 4.85. The van der Waals surface area contributed by atoms with Crippen molar-refractivity contribution in [1.82, 2.24) is 9.80 Å². The molecule has 1 rings (SSSR count). The second kappa shape index (κ2) is 3.69. The van der Waals surface area contributed by atoms with E-state index in [2.05, 4.69) is 43.5 Å². The monoisotopic (exact) mass is 180 g/mol. The fraction of sp³-hybridized carbons (Fsp3) is 0.818. The van der Waals surface area contributed by atoms with Crippen LogP contribution in [0.2, 0.25) is 0 Å². The standard InChI is InChI=1S/C11H20N2/c1-6-7-12(5)10-8-13(9-10)11(2,3)4/h1,10H,7-9H2,2-5H3. The van der Waals surface area contributed by atoms with E-state index in [-0.39, 0.29) is 0 Å². The Hall–Kier alpha value is -0.520. The third-order valence-electron chi connectivity index (χ3n) is 2.77. The lowest BCUT2D eigenvalue weighted by Gasteiger charge is -2.50. The molecule has 2 heteroatoms. The summed E-state index contributed by atoms with van der Waals surface area (Å²) >= 11 is 0. The molecule has 0 atom stereocenters. The molecule has 0 aromatic rings. The molecule has 0 aromatic heterocycles. The maximum absolute atomic E-state index is 5.26. The molecule has 0 aromatic carbocycles. The predicted molar refractivity (Wildman–Crippen MR) is 56.6 cm³/mol. The van der Waals surface area contributed by atoms with Crippen LogP contribution in [0.5, 0.6) is 0 Å². The average molecular weight is 180 g/mol. The van der Waals surface area contributed by atoms with Crippen molar-refractivity contribution in [3.8, 4) is 12.3 Å². The van der Waals surface area contributed by atoms with E-state index >= 15 is 0 Å². The Balaban J connectivity index is 2.30. The fourth-order valence-electron chi connectivity index (χ4n) is 1.55. The molecule has 0 radical (unpaired) electrons. The summed E-state index contributed by atoms with van der Waals surface area (Å²) in [6.45, 7) is 9.84. The van der Waals surface area contributed by atoms with E-state index in [0.29, 0.717) is 11.6 Å². The smallest absolute Gasteiger partial charge is 0.0599 e. The summed E-state index contributed by atoms with van der Waals surface area (Å²) in [7, 11) is 2.10. The first-order chi connectivity index (χ1) is 5.95. The molecule has 0 aliphatic carbocycles. The molecule has 0 saturated carbocycles. The van der Waals surface area contributed by atoms with Crippen LogP contribution in [0, 0.1) is 12.3 Å². The van der Waals surface area contributed by atoms with Crippen molar-refractivity contribution >= 4 is 0 Å². The van der Waals surface area contributed by atoms with Gasteiger partial charge in [0.1, 0.15) is 0 Å². The molecule has 1 fully saturated rings. The summed E-state index contributed by atoms with van der Waals surface area (Å²) in [6.07, 6.45) is 5.26. The van der Waals surface area contributed by atoms with Crippen molar-refractivity contribution in [2.45, 2.75) is 32.4 Å². The zero-order valence-corrected chi connectivity index (χ0v) is 9.17. The highest BCUT2D eigenvalue weighted by molar-refractivity contribution is 4.97. The minimum absolute atomic E-state index is 0.313. The Morgan fingerprint density at radius 1 is 1.46 bits per heavy atom. The topological polar surface area (TPSA) is 6.48 Å². The van der Waals surface area contributed by atoms with Crippen LogP contribution in [0.3, 0.4) is 0 Å². The Bertz CT molecular complexity index is 203. The van der Waals surface area contributed by atoms with Gasteiger partial charge in [0, 0.05) is 24.7 Å². The zero-order chi connectivity index (χ0) is 10.1. The van der Waals surface area contributed by atoms with E-state index in [1.54, 1.807) is 0 Å². The fourth-order valence-corrected chi connectivity index (χ4v) is 1.55. The van der Waals surface area contributed by atoms with Crippen LogP contribution in [0.15, 0.2) is 0 Å². The minimum atomic E-state index is 0.313. The van der Waals surface area contributed by atoms with Gasteiger partial charge >= 0.3 is 0 Å². The van der Waals surface area contributed by atoms with E-state index in [1.165, 1.54) is 0 Å². The van der Waals surface area contributed by atoms with Crippen molar-refractivity contribution in [2.75, 3.05) is 26.7 Å². The SMILES string of the molecule is C#CCN(C)C1CN(C(C)(C)C)C1. The summed E-state index contributed by atoms with van der Waals surface area (Å²) in [4.78, 5) is 4.73. The van der Waals surface area contributed by atoms with Crippen LogP contribution < -0.4 is 0 Å². The molecule has 74 valence electrons. The highest BCUT2D eigenvalue weighted by Crippen LogP contribution is 2.23. The lowest BCUT2D eigenvalue weighted by atomic mass is 9.97. The predicted octanol–water partition coefficient (Wildman–Crippen LogP) is 1.03. The zero-order valence-electron chi connectivity index (χ0n) is 9.17. The lowest BCUT2D eigenvalue weighted by Crippen LogP contribution is -2.63. The number of likely N-dealkylation sites (tertiary alicyclic amines) is 1. The van der Waals surface area contributed by atoms with E-state index in [9.17, 15) is 0 Å². The Kier molecular flexibility index (Phi) is 3.00. The largest absolute Gasteiger partial charge is 0.295 e. The third-order valence-corrected chi connectivity index (χ3v) is 2.77. The molecule has 0 N–H and O–H groups in total. The van der Waals surface area contributed by atoms with Gasteiger partial charge in [-0.15, -0.1) is 6.42 Å². The number of rotatable bonds is 2. The molecule has 0 amide bonds. The van der Waals surface area contributed by atoms with Crippen LogP contribution in [0.1, 0.15) is 20.8 Å². The highest BCUT2D eigenvalue weighted by atomic mass is 15.3. The number of likely N-dealkylation sites (N-methyl/N-ethyl adjacent to an activating group) is 1. The van der Waals surface area contributed by atoms with Crippen LogP contribution >= 0.6 is 0 Å². The normalized spacial score (nSPS) is 20.0. The van der Waals surface area contributed by atoms with Gasteiger partial charge in [-0.05, 0) is 27.8 Å². The molecule has 2 nitrogen and oxygen atoms in total. The molecule has 0 spiro atoms.